The molecule has 0 N–H and O–H groups in total. The van der Waals surface area contributed by atoms with Crippen molar-refractivity contribution in [2.45, 2.75) is 38.0 Å². The highest BCUT2D eigenvalue weighted by molar-refractivity contribution is 6.11. The van der Waals surface area contributed by atoms with Gasteiger partial charge in [0.25, 0.3) is 0 Å². The fourth-order valence-corrected chi connectivity index (χ4v) is 2.03. The number of nitrogens with zero attached hydrogens (tertiary/aromatic N) is 3. The quantitative estimate of drug-likeness (QED) is 0.237. The molecule has 2 radical (unpaired) electrons. The summed E-state index contributed by atoms with van der Waals surface area (Å²) in [5.41, 5.74) is 7.45. The van der Waals surface area contributed by atoms with Crippen molar-refractivity contribution < 1.29 is 9.13 Å². The van der Waals surface area contributed by atoms with E-state index >= 15 is 0 Å². The number of halogens is 1. The minimum absolute atomic E-state index is 0.237. The summed E-state index contributed by atoms with van der Waals surface area (Å²) >= 11 is 0. The van der Waals surface area contributed by atoms with Crippen LogP contribution in [-0.4, -0.2) is 32.2 Å². The molecule has 1 heterocycles. The van der Waals surface area contributed by atoms with Crippen molar-refractivity contribution in [2.24, 2.45) is 11.0 Å². The Morgan fingerprint density at radius 2 is 2.38 bits per heavy atom. The molecule has 1 fully saturated rings. The second-order valence-corrected chi connectivity index (χ2v) is 3.94. The lowest BCUT2D eigenvalue weighted by molar-refractivity contribution is 0.00504. The van der Waals surface area contributed by atoms with Crippen molar-refractivity contribution >= 4 is 7.85 Å². The van der Waals surface area contributed by atoms with Crippen molar-refractivity contribution in [2.75, 3.05) is 6.54 Å². The predicted molar refractivity (Wildman–Crippen MR) is 60.9 cm³/mol. The van der Waals surface area contributed by atoms with E-state index in [1.54, 1.807) is 19.1 Å². The van der Waals surface area contributed by atoms with Crippen LogP contribution in [0.3, 0.4) is 0 Å². The molecule has 1 aliphatic rings. The number of hydrogen-bond donors (Lipinski definition) is 0. The van der Waals surface area contributed by atoms with Gasteiger partial charge in [0.1, 0.15) is 14.0 Å². The standard InChI is InChI=1S/C10H15BFN3O/c1-3-10(5-4-6-14-15-13)7(2)8(12)9(11)16-10/h4-5,7-9H,3,6H2,1-2H3/t7?,8-,9+,10-/m0/s1. The summed E-state index contributed by atoms with van der Waals surface area (Å²) < 4.78 is 19.1. The highest BCUT2D eigenvalue weighted by Gasteiger charge is 2.48. The minimum atomic E-state index is -1.16. The van der Waals surface area contributed by atoms with Gasteiger partial charge in [-0.25, -0.2) is 4.39 Å². The second-order valence-electron chi connectivity index (χ2n) is 3.94. The lowest BCUT2D eigenvalue weighted by atomic mass is 9.82. The Hall–Kier alpha value is -0.995. The van der Waals surface area contributed by atoms with E-state index in [0.717, 1.165) is 0 Å². The first-order chi connectivity index (χ1) is 7.57. The third kappa shape index (κ3) is 2.39. The van der Waals surface area contributed by atoms with E-state index < -0.39 is 17.8 Å². The average Bonchev–Trinajstić information content (AvgIpc) is 2.50. The molecule has 1 saturated heterocycles. The van der Waals surface area contributed by atoms with Crippen LogP contribution in [0.15, 0.2) is 17.3 Å². The third-order valence-electron chi connectivity index (χ3n) is 3.12. The van der Waals surface area contributed by atoms with E-state index in [1.807, 2.05) is 6.92 Å². The van der Waals surface area contributed by atoms with Gasteiger partial charge in [-0.2, -0.15) is 0 Å². The number of hydrogen-bond acceptors (Lipinski definition) is 2. The van der Waals surface area contributed by atoms with Gasteiger partial charge in [0.15, 0.2) is 0 Å². The normalized spacial score (nSPS) is 38.8. The molecule has 0 amide bonds. The molecular formula is C10H15BFN3O. The molecule has 6 heteroatoms. The van der Waals surface area contributed by atoms with Crippen LogP contribution < -0.4 is 0 Å². The van der Waals surface area contributed by atoms with Gasteiger partial charge < -0.3 is 4.74 Å². The molecule has 86 valence electrons. The Balaban J connectivity index is 2.78. The lowest BCUT2D eigenvalue weighted by Gasteiger charge is -2.28. The van der Waals surface area contributed by atoms with Crippen LogP contribution in [0.4, 0.5) is 4.39 Å². The Labute approximate surface area is 95.9 Å². The van der Waals surface area contributed by atoms with E-state index in [0.29, 0.717) is 6.42 Å². The van der Waals surface area contributed by atoms with Gasteiger partial charge in [-0.1, -0.05) is 31.1 Å². The number of azide groups is 1. The summed E-state index contributed by atoms with van der Waals surface area (Å²) in [4.78, 5) is 2.63. The fourth-order valence-electron chi connectivity index (χ4n) is 2.03. The van der Waals surface area contributed by atoms with Gasteiger partial charge >= 0.3 is 0 Å². The number of alkyl halides is 1. The Bertz CT molecular complexity index is 319. The van der Waals surface area contributed by atoms with Crippen LogP contribution in [0.2, 0.25) is 0 Å². The summed E-state index contributed by atoms with van der Waals surface area (Å²) in [7, 11) is 5.54. The summed E-state index contributed by atoms with van der Waals surface area (Å²) in [5.74, 6) is -0.296. The first kappa shape index (κ1) is 13.1. The predicted octanol–water partition coefficient (Wildman–Crippen LogP) is 2.50. The SMILES string of the molecule is [B][C@@H]1O[C@](C=CCN=[N+]=[N-])(CC)C(C)[C@@H]1F. The van der Waals surface area contributed by atoms with Crippen molar-refractivity contribution in [1.82, 2.24) is 0 Å². The van der Waals surface area contributed by atoms with Gasteiger partial charge in [-0.05, 0) is 12.0 Å². The zero-order valence-electron chi connectivity index (χ0n) is 9.51. The molecular weight excluding hydrogens is 208 g/mol. The Morgan fingerprint density at radius 1 is 1.69 bits per heavy atom. The van der Waals surface area contributed by atoms with Gasteiger partial charge in [-0.15, -0.1) is 0 Å². The van der Waals surface area contributed by atoms with E-state index in [4.69, 9.17) is 18.1 Å². The maximum Gasteiger partial charge on any atom is 0.123 e. The maximum atomic E-state index is 13.6. The van der Waals surface area contributed by atoms with E-state index in [1.165, 1.54) is 0 Å². The van der Waals surface area contributed by atoms with Crippen molar-refractivity contribution in [1.29, 1.82) is 0 Å². The molecule has 1 rings (SSSR count). The zero-order chi connectivity index (χ0) is 12.2. The molecule has 0 aromatic rings. The van der Waals surface area contributed by atoms with Crippen LogP contribution in [-0.2, 0) is 4.74 Å². The smallest absolute Gasteiger partial charge is 0.123 e. The van der Waals surface area contributed by atoms with Crippen LogP contribution in [0.1, 0.15) is 20.3 Å². The Kier molecular flexibility index (Phi) is 4.39. The molecule has 0 saturated carbocycles. The number of ether oxygens (including phenoxy) is 1. The first-order valence-corrected chi connectivity index (χ1v) is 5.33. The topological polar surface area (TPSA) is 58.0 Å². The average molecular weight is 223 g/mol. The molecule has 0 aromatic heterocycles. The minimum Gasteiger partial charge on any atom is -0.374 e. The summed E-state index contributed by atoms with van der Waals surface area (Å²) in [6.07, 6.45) is 2.91. The molecule has 4 nitrogen and oxygen atoms in total. The van der Waals surface area contributed by atoms with Crippen molar-refractivity contribution in [3.63, 3.8) is 0 Å². The molecule has 1 aliphatic heterocycles. The van der Waals surface area contributed by atoms with E-state index in [2.05, 4.69) is 10.0 Å². The van der Waals surface area contributed by atoms with Gasteiger partial charge in [-0.3, -0.25) is 0 Å². The summed E-state index contributed by atoms with van der Waals surface area (Å²) in [6, 6.07) is -0.876. The maximum absolute atomic E-state index is 13.6. The largest absolute Gasteiger partial charge is 0.374 e. The van der Waals surface area contributed by atoms with E-state index in [-0.39, 0.29) is 12.5 Å². The fraction of sp³-hybridized carbons (Fsp3) is 0.800. The van der Waals surface area contributed by atoms with Crippen LogP contribution >= 0.6 is 0 Å². The molecule has 1 unspecified atom stereocenters. The monoisotopic (exact) mass is 223 g/mol. The first-order valence-electron chi connectivity index (χ1n) is 5.33. The molecule has 4 atom stereocenters. The van der Waals surface area contributed by atoms with Crippen LogP contribution in [0, 0.1) is 5.92 Å². The Morgan fingerprint density at radius 3 is 2.81 bits per heavy atom. The summed E-state index contributed by atoms with van der Waals surface area (Å²) in [6.45, 7) is 3.93. The van der Waals surface area contributed by atoms with Crippen molar-refractivity contribution in [3.8, 4) is 0 Å². The summed E-state index contributed by atoms with van der Waals surface area (Å²) in [5, 5.41) is 3.37. The molecule has 0 bridgehead atoms. The highest BCUT2D eigenvalue weighted by atomic mass is 19.1. The molecule has 0 aliphatic carbocycles. The van der Waals surface area contributed by atoms with Gasteiger partial charge in [0, 0.05) is 23.4 Å². The van der Waals surface area contributed by atoms with E-state index in [9.17, 15) is 4.39 Å². The van der Waals surface area contributed by atoms with Gasteiger partial charge in [0.2, 0.25) is 0 Å². The molecule has 0 aromatic carbocycles. The third-order valence-corrected chi connectivity index (χ3v) is 3.12. The van der Waals surface area contributed by atoms with Crippen molar-refractivity contribution in [3.05, 3.63) is 22.6 Å². The van der Waals surface area contributed by atoms with Gasteiger partial charge in [0.05, 0.1) is 5.60 Å². The molecule has 16 heavy (non-hydrogen) atoms. The molecule has 0 spiro atoms. The zero-order valence-corrected chi connectivity index (χ0v) is 9.51. The van der Waals surface area contributed by atoms with Crippen LogP contribution in [0.25, 0.3) is 10.4 Å². The number of rotatable bonds is 4. The second kappa shape index (κ2) is 5.37. The lowest BCUT2D eigenvalue weighted by Crippen LogP contribution is -2.32. The van der Waals surface area contributed by atoms with Crippen LogP contribution in [0.5, 0.6) is 0 Å². The highest BCUT2D eigenvalue weighted by Crippen LogP contribution is 2.40.